The molecule has 3 aromatic carbocycles. The summed E-state index contributed by atoms with van der Waals surface area (Å²) in [5.74, 6) is 0.929. The molecule has 4 aromatic rings. The number of aromatic hydroxyl groups is 1. The van der Waals surface area contributed by atoms with Crippen molar-refractivity contribution in [2.45, 2.75) is 0 Å². The average Bonchev–Trinajstić information content (AvgIpc) is 2.84. The molecule has 7 heteroatoms. The lowest BCUT2D eigenvalue weighted by Gasteiger charge is -2.14. The summed E-state index contributed by atoms with van der Waals surface area (Å²) < 4.78 is 6.17. The predicted molar refractivity (Wildman–Crippen MR) is 131 cm³/mol. The van der Waals surface area contributed by atoms with Crippen molar-refractivity contribution in [1.82, 2.24) is 9.97 Å². The quantitative estimate of drug-likeness (QED) is 0.276. The molecule has 0 unspecified atom stereocenters. The van der Waals surface area contributed by atoms with Crippen molar-refractivity contribution < 1.29 is 9.84 Å². The van der Waals surface area contributed by atoms with E-state index in [2.05, 4.69) is 21.0 Å². The van der Waals surface area contributed by atoms with Crippen LogP contribution in [0.5, 0.6) is 11.5 Å². The van der Waals surface area contributed by atoms with Gasteiger partial charge in [-0.15, -0.1) is 0 Å². The molecule has 0 amide bonds. The summed E-state index contributed by atoms with van der Waals surface area (Å²) in [4.78, 5) is 9.47. The van der Waals surface area contributed by atoms with E-state index >= 15 is 0 Å². The zero-order valence-electron chi connectivity index (χ0n) is 17.6. The fourth-order valence-electron chi connectivity index (χ4n) is 3.08. The Kier molecular flexibility index (Phi) is 6.47. The number of ether oxygens (including phenoxy) is 1. The third kappa shape index (κ3) is 4.95. The highest BCUT2D eigenvalue weighted by molar-refractivity contribution is 9.10. The third-order valence-electron chi connectivity index (χ3n) is 4.80. The van der Waals surface area contributed by atoms with Crippen LogP contribution in [0.3, 0.4) is 0 Å². The molecule has 0 atom stereocenters. The Labute approximate surface area is 195 Å². The first-order valence-corrected chi connectivity index (χ1v) is 10.7. The largest absolute Gasteiger partial charge is 0.504 e. The molecule has 0 radical (unpaired) electrons. The highest BCUT2D eigenvalue weighted by Gasteiger charge is 2.11. The Morgan fingerprint density at radius 2 is 1.56 bits per heavy atom. The van der Waals surface area contributed by atoms with Crippen molar-refractivity contribution in [3.63, 3.8) is 0 Å². The van der Waals surface area contributed by atoms with Crippen LogP contribution in [0.15, 0.2) is 88.4 Å². The first-order chi connectivity index (χ1) is 15.5. The molecule has 32 heavy (non-hydrogen) atoms. The summed E-state index contributed by atoms with van der Waals surface area (Å²) in [5, 5.41) is 15.9. The molecule has 160 valence electrons. The molecule has 0 aliphatic rings. The number of hydrogen-bond acceptors (Lipinski definition) is 6. The van der Waals surface area contributed by atoms with Crippen LogP contribution in [-0.2, 0) is 0 Å². The van der Waals surface area contributed by atoms with Gasteiger partial charge in [-0.2, -0.15) is 5.10 Å². The topological polar surface area (TPSA) is 70.8 Å². The van der Waals surface area contributed by atoms with Crippen LogP contribution >= 0.6 is 15.9 Å². The molecule has 0 aliphatic heterocycles. The molecule has 0 aliphatic carbocycles. The summed E-state index contributed by atoms with van der Waals surface area (Å²) in [6.45, 7) is 0. The lowest BCUT2D eigenvalue weighted by atomic mass is 10.1. The monoisotopic (exact) mass is 488 g/mol. The fraction of sp³-hybridized carbons (Fsp3) is 0.0800. The molecule has 1 N–H and O–H groups in total. The SMILES string of the molecule is COc1cc(/C=N\N(C)c2nc(-c3ccccc3)cc(-c3ccc(Br)cc3)n2)ccc1O. The van der Waals surface area contributed by atoms with E-state index in [4.69, 9.17) is 14.7 Å². The molecule has 6 nitrogen and oxygen atoms in total. The van der Waals surface area contributed by atoms with Gasteiger partial charge < -0.3 is 9.84 Å². The summed E-state index contributed by atoms with van der Waals surface area (Å²) >= 11 is 3.48. The number of phenolic OH excluding ortho intramolecular Hbond substituents is 1. The average molecular weight is 489 g/mol. The van der Waals surface area contributed by atoms with Gasteiger partial charge >= 0.3 is 0 Å². The van der Waals surface area contributed by atoms with Crippen molar-refractivity contribution in [3.8, 4) is 34.0 Å². The molecular weight excluding hydrogens is 468 g/mol. The van der Waals surface area contributed by atoms with Crippen LogP contribution in [-0.4, -0.2) is 35.4 Å². The Hall–Kier alpha value is -3.71. The molecule has 0 saturated carbocycles. The predicted octanol–water partition coefficient (Wildman–Crippen LogP) is 5.76. The van der Waals surface area contributed by atoms with E-state index in [0.717, 1.165) is 32.6 Å². The van der Waals surface area contributed by atoms with Crippen molar-refractivity contribution in [1.29, 1.82) is 0 Å². The first kappa shape index (κ1) is 21.5. The second kappa shape index (κ2) is 9.62. The van der Waals surface area contributed by atoms with Crippen LogP contribution in [0, 0.1) is 0 Å². The smallest absolute Gasteiger partial charge is 0.247 e. The minimum atomic E-state index is 0.0797. The van der Waals surface area contributed by atoms with Crippen LogP contribution in [0.1, 0.15) is 5.56 Å². The molecule has 1 aromatic heterocycles. The molecule has 4 rings (SSSR count). The van der Waals surface area contributed by atoms with Crippen molar-refractivity contribution in [2.75, 3.05) is 19.2 Å². The normalized spacial score (nSPS) is 11.0. The number of rotatable bonds is 6. The van der Waals surface area contributed by atoms with Gasteiger partial charge in [-0.05, 0) is 42.0 Å². The van der Waals surface area contributed by atoms with Crippen molar-refractivity contribution >= 4 is 28.1 Å². The number of nitrogens with zero attached hydrogens (tertiary/aromatic N) is 4. The van der Waals surface area contributed by atoms with Gasteiger partial charge in [0.05, 0.1) is 24.7 Å². The second-order valence-corrected chi connectivity index (χ2v) is 7.93. The van der Waals surface area contributed by atoms with Gasteiger partial charge in [-0.1, -0.05) is 58.4 Å². The Morgan fingerprint density at radius 1 is 0.906 bits per heavy atom. The van der Waals surface area contributed by atoms with E-state index in [1.54, 1.807) is 36.5 Å². The van der Waals surface area contributed by atoms with Gasteiger partial charge in [0, 0.05) is 22.6 Å². The van der Waals surface area contributed by atoms with Gasteiger partial charge in [0.15, 0.2) is 11.5 Å². The minimum Gasteiger partial charge on any atom is -0.504 e. The number of methoxy groups -OCH3 is 1. The van der Waals surface area contributed by atoms with E-state index in [1.165, 1.54) is 7.11 Å². The molecule has 0 spiro atoms. The first-order valence-electron chi connectivity index (χ1n) is 9.88. The number of aromatic nitrogens is 2. The number of phenols is 1. The Bertz CT molecular complexity index is 1240. The van der Waals surface area contributed by atoms with E-state index in [0.29, 0.717) is 11.7 Å². The highest BCUT2D eigenvalue weighted by atomic mass is 79.9. The maximum atomic E-state index is 9.78. The van der Waals surface area contributed by atoms with E-state index in [9.17, 15) is 5.11 Å². The van der Waals surface area contributed by atoms with Crippen LogP contribution in [0.4, 0.5) is 5.95 Å². The number of halogens is 1. The lowest BCUT2D eigenvalue weighted by molar-refractivity contribution is 0.373. The summed E-state index contributed by atoms with van der Waals surface area (Å²) in [6, 6.07) is 25.0. The maximum Gasteiger partial charge on any atom is 0.247 e. The number of anilines is 1. The zero-order chi connectivity index (χ0) is 22.5. The van der Waals surface area contributed by atoms with Gasteiger partial charge in [-0.3, -0.25) is 0 Å². The minimum absolute atomic E-state index is 0.0797. The lowest BCUT2D eigenvalue weighted by Crippen LogP contribution is -2.13. The summed E-state index contributed by atoms with van der Waals surface area (Å²) in [5.41, 5.74) is 4.36. The van der Waals surface area contributed by atoms with Gasteiger partial charge in [0.1, 0.15) is 0 Å². The van der Waals surface area contributed by atoms with Crippen molar-refractivity contribution in [2.24, 2.45) is 5.10 Å². The van der Waals surface area contributed by atoms with E-state index in [1.807, 2.05) is 60.7 Å². The Balaban J connectivity index is 1.72. The fourth-order valence-corrected chi connectivity index (χ4v) is 3.35. The molecule has 0 bridgehead atoms. The standard InChI is InChI=1S/C25H21BrN4O2/c1-30(27-16-17-8-13-23(31)24(14-17)32-2)25-28-21(18-6-4-3-5-7-18)15-22(29-25)19-9-11-20(26)12-10-19/h3-16,31H,1-2H3/b27-16-. The third-order valence-corrected chi connectivity index (χ3v) is 5.33. The second-order valence-electron chi connectivity index (χ2n) is 7.01. The molecular formula is C25H21BrN4O2. The number of benzene rings is 3. The van der Waals surface area contributed by atoms with Crippen LogP contribution < -0.4 is 9.75 Å². The molecule has 0 saturated heterocycles. The van der Waals surface area contributed by atoms with Crippen molar-refractivity contribution in [3.05, 3.63) is 88.9 Å². The van der Waals surface area contributed by atoms with Gasteiger partial charge in [0.25, 0.3) is 0 Å². The van der Waals surface area contributed by atoms with Gasteiger partial charge in [0.2, 0.25) is 5.95 Å². The van der Waals surface area contributed by atoms with E-state index < -0.39 is 0 Å². The molecule has 1 heterocycles. The van der Waals surface area contributed by atoms with Crippen LogP contribution in [0.2, 0.25) is 0 Å². The molecule has 0 fully saturated rings. The maximum absolute atomic E-state index is 9.78. The zero-order valence-corrected chi connectivity index (χ0v) is 19.2. The van der Waals surface area contributed by atoms with Crippen LogP contribution in [0.25, 0.3) is 22.5 Å². The highest BCUT2D eigenvalue weighted by Crippen LogP contribution is 2.28. The van der Waals surface area contributed by atoms with E-state index in [-0.39, 0.29) is 5.75 Å². The van der Waals surface area contributed by atoms with Gasteiger partial charge in [-0.25, -0.2) is 15.0 Å². The summed E-state index contributed by atoms with van der Waals surface area (Å²) in [6.07, 6.45) is 1.67. The number of hydrogen-bond donors (Lipinski definition) is 1. The number of hydrazone groups is 1. The summed E-state index contributed by atoms with van der Waals surface area (Å²) in [7, 11) is 3.30. The Morgan fingerprint density at radius 3 is 2.22 bits per heavy atom.